The van der Waals surface area contributed by atoms with Gasteiger partial charge < -0.3 is 15.4 Å². The molecule has 5 heteroatoms. The molecule has 0 fully saturated rings. The van der Waals surface area contributed by atoms with E-state index < -0.39 is 6.23 Å². The normalized spacial score (nSPS) is 11.9. The molecule has 0 saturated heterocycles. The minimum Gasteiger partial charge on any atom is -0.471 e. The first-order chi connectivity index (χ1) is 11.5. The van der Waals surface area contributed by atoms with E-state index in [2.05, 4.69) is 24.5 Å². The molecule has 0 aliphatic carbocycles. The van der Waals surface area contributed by atoms with Gasteiger partial charge in [0.05, 0.1) is 0 Å². The fourth-order valence-electron chi connectivity index (χ4n) is 2.30. The van der Waals surface area contributed by atoms with Crippen LogP contribution in [0.2, 0.25) is 5.02 Å². The summed E-state index contributed by atoms with van der Waals surface area (Å²) in [4.78, 5) is 12.0. The lowest BCUT2D eigenvalue weighted by atomic mass is 10.0. The van der Waals surface area contributed by atoms with Crippen molar-refractivity contribution in [2.45, 2.75) is 39.5 Å². The van der Waals surface area contributed by atoms with Gasteiger partial charge in [-0.15, -0.1) is 0 Å². The number of benzene rings is 2. The molecule has 2 rings (SSSR count). The average molecular weight is 347 g/mol. The molecule has 2 N–H and O–H groups in total. The monoisotopic (exact) mass is 346 g/mol. The van der Waals surface area contributed by atoms with Crippen LogP contribution in [0.25, 0.3) is 0 Å². The summed E-state index contributed by atoms with van der Waals surface area (Å²) >= 11 is 5.84. The lowest BCUT2D eigenvalue weighted by Crippen LogP contribution is -2.43. The Bertz CT molecular complexity index is 671. The van der Waals surface area contributed by atoms with Gasteiger partial charge in [-0.25, -0.2) is 4.79 Å². The van der Waals surface area contributed by atoms with Gasteiger partial charge in [0, 0.05) is 11.6 Å². The zero-order valence-electron chi connectivity index (χ0n) is 14.2. The maximum absolute atomic E-state index is 12.0. The van der Waals surface area contributed by atoms with E-state index in [1.807, 2.05) is 36.4 Å². The van der Waals surface area contributed by atoms with Crippen molar-refractivity contribution < 1.29 is 9.53 Å². The van der Waals surface area contributed by atoms with Crippen molar-refractivity contribution in [2.75, 3.05) is 0 Å². The molecule has 2 amide bonds. The Balaban J connectivity index is 1.84. The highest BCUT2D eigenvalue weighted by molar-refractivity contribution is 6.30. The first kappa shape index (κ1) is 18.1. The third kappa shape index (κ3) is 5.46. The van der Waals surface area contributed by atoms with Gasteiger partial charge in [-0.1, -0.05) is 55.8 Å². The number of nitrogens with one attached hydrogen (secondary N) is 2. The summed E-state index contributed by atoms with van der Waals surface area (Å²) in [6.45, 7) is 6.45. The molecular weight excluding hydrogens is 324 g/mol. The zero-order valence-corrected chi connectivity index (χ0v) is 14.9. The average Bonchev–Trinajstić information content (AvgIpc) is 2.54. The summed E-state index contributed by atoms with van der Waals surface area (Å²) in [5.74, 6) is 1.14. The number of carbonyl (C=O) groups is 1. The smallest absolute Gasteiger partial charge is 0.317 e. The number of hydrogen-bond acceptors (Lipinski definition) is 2. The maximum Gasteiger partial charge on any atom is 0.317 e. The van der Waals surface area contributed by atoms with Gasteiger partial charge in [-0.3, -0.25) is 0 Å². The Morgan fingerprint density at radius 1 is 1.08 bits per heavy atom. The highest BCUT2D eigenvalue weighted by atomic mass is 35.5. The van der Waals surface area contributed by atoms with E-state index in [4.69, 9.17) is 16.3 Å². The summed E-state index contributed by atoms with van der Waals surface area (Å²) in [5.41, 5.74) is 2.10. The van der Waals surface area contributed by atoms with Crippen LogP contribution in [0.5, 0.6) is 5.75 Å². The standard InChI is InChI=1S/C19H23ClN2O2/c1-13(2)17-6-4-5-7-18(17)24-14(3)22-19(23)21-12-15-8-10-16(20)11-9-15/h4-11,13-14H,12H2,1-3H3,(H2,21,22,23). The zero-order chi connectivity index (χ0) is 17.5. The third-order valence-corrected chi connectivity index (χ3v) is 3.80. The molecule has 128 valence electrons. The fourth-order valence-corrected chi connectivity index (χ4v) is 2.43. The molecular formula is C19H23ClN2O2. The molecule has 1 atom stereocenters. The quantitative estimate of drug-likeness (QED) is 0.745. The molecule has 0 radical (unpaired) electrons. The van der Waals surface area contributed by atoms with Crippen molar-refractivity contribution in [1.29, 1.82) is 0 Å². The van der Waals surface area contributed by atoms with Gasteiger partial charge in [0.2, 0.25) is 0 Å². The molecule has 0 spiro atoms. The number of halogens is 1. The largest absolute Gasteiger partial charge is 0.471 e. The fraction of sp³-hybridized carbons (Fsp3) is 0.316. The van der Waals surface area contributed by atoms with Gasteiger partial charge in [-0.2, -0.15) is 0 Å². The molecule has 0 bridgehead atoms. The lowest BCUT2D eigenvalue weighted by molar-refractivity contribution is 0.175. The Morgan fingerprint density at radius 2 is 1.75 bits per heavy atom. The van der Waals surface area contributed by atoms with E-state index in [1.165, 1.54) is 0 Å². The number of hydrogen-bond donors (Lipinski definition) is 2. The number of rotatable bonds is 6. The van der Waals surface area contributed by atoms with Gasteiger partial charge in [0.25, 0.3) is 0 Å². The van der Waals surface area contributed by atoms with Gasteiger partial charge in [-0.05, 0) is 42.2 Å². The number of urea groups is 1. The van der Waals surface area contributed by atoms with E-state index in [0.29, 0.717) is 17.5 Å². The summed E-state index contributed by atoms with van der Waals surface area (Å²) in [5, 5.41) is 6.25. The van der Waals surface area contributed by atoms with Gasteiger partial charge >= 0.3 is 6.03 Å². The summed E-state index contributed by atoms with van der Waals surface area (Å²) in [6, 6.07) is 14.9. The van der Waals surface area contributed by atoms with Gasteiger partial charge in [0.1, 0.15) is 5.75 Å². The SMILES string of the molecule is CC(NC(=O)NCc1ccc(Cl)cc1)Oc1ccccc1C(C)C. The van der Waals surface area contributed by atoms with Crippen molar-refractivity contribution >= 4 is 17.6 Å². The Kier molecular flexibility index (Phi) is 6.50. The number of amides is 2. The van der Waals surface area contributed by atoms with Crippen LogP contribution >= 0.6 is 11.6 Å². The molecule has 4 nitrogen and oxygen atoms in total. The molecule has 2 aromatic rings. The summed E-state index contributed by atoms with van der Waals surface area (Å²) in [6.07, 6.45) is -0.435. The summed E-state index contributed by atoms with van der Waals surface area (Å²) < 4.78 is 5.86. The van der Waals surface area contributed by atoms with E-state index in [9.17, 15) is 4.79 Å². The van der Waals surface area contributed by atoms with Gasteiger partial charge in [0.15, 0.2) is 6.23 Å². The van der Waals surface area contributed by atoms with E-state index >= 15 is 0 Å². The second-order valence-corrected chi connectivity index (χ2v) is 6.34. The molecule has 0 aromatic heterocycles. The van der Waals surface area contributed by atoms with E-state index in [0.717, 1.165) is 16.9 Å². The van der Waals surface area contributed by atoms with Crippen molar-refractivity contribution in [3.63, 3.8) is 0 Å². The van der Waals surface area contributed by atoms with Crippen molar-refractivity contribution in [1.82, 2.24) is 10.6 Å². The lowest BCUT2D eigenvalue weighted by Gasteiger charge is -2.20. The van der Waals surface area contributed by atoms with Crippen LogP contribution in [0.15, 0.2) is 48.5 Å². The highest BCUT2D eigenvalue weighted by Crippen LogP contribution is 2.26. The van der Waals surface area contributed by atoms with Crippen LogP contribution in [0.1, 0.15) is 37.8 Å². The highest BCUT2D eigenvalue weighted by Gasteiger charge is 2.12. The van der Waals surface area contributed by atoms with Crippen LogP contribution < -0.4 is 15.4 Å². The Labute approximate surface area is 148 Å². The topological polar surface area (TPSA) is 50.4 Å². The predicted octanol–water partition coefficient (Wildman–Crippen LogP) is 4.69. The second-order valence-electron chi connectivity index (χ2n) is 5.91. The number of ether oxygens (including phenoxy) is 1. The first-order valence-electron chi connectivity index (χ1n) is 8.00. The van der Waals surface area contributed by atoms with Crippen LogP contribution in [-0.4, -0.2) is 12.3 Å². The molecule has 24 heavy (non-hydrogen) atoms. The molecule has 2 aromatic carbocycles. The first-order valence-corrected chi connectivity index (χ1v) is 8.38. The van der Waals surface area contributed by atoms with Crippen LogP contribution in [0.4, 0.5) is 4.79 Å². The van der Waals surface area contributed by atoms with Crippen molar-refractivity contribution in [3.8, 4) is 5.75 Å². The van der Waals surface area contributed by atoms with Crippen molar-refractivity contribution in [2.24, 2.45) is 0 Å². The number of carbonyl (C=O) groups excluding carboxylic acids is 1. The number of para-hydroxylation sites is 1. The molecule has 1 unspecified atom stereocenters. The van der Waals surface area contributed by atoms with E-state index in [-0.39, 0.29) is 6.03 Å². The maximum atomic E-state index is 12.0. The molecule has 0 aliphatic rings. The molecule has 0 saturated carbocycles. The van der Waals surface area contributed by atoms with Crippen molar-refractivity contribution in [3.05, 3.63) is 64.7 Å². The Morgan fingerprint density at radius 3 is 2.42 bits per heavy atom. The second kappa shape index (κ2) is 8.60. The molecule has 0 heterocycles. The minimum absolute atomic E-state index is 0.278. The van der Waals surface area contributed by atoms with E-state index in [1.54, 1.807) is 19.1 Å². The minimum atomic E-state index is -0.435. The Hall–Kier alpha value is -2.20. The summed E-state index contributed by atoms with van der Waals surface area (Å²) in [7, 11) is 0. The predicted molar refractivity (Wildman–Crippen MR) is 97.4 cm³/mol. The van der Waals surface area contributed by atoms with Crippen LogP contribution in [-0.2, 0) is 6.54 Å². The van der Waals surface area contributed by atoms with Crippen LogP contribution in [0.3, 0.4) is 0 Å². The van der Waals surface area contributed by atoms with Crippen LogP contribution in [0, 0.1) is 0 Å². The molecule has 0 aliphatic heterocycles. The third-order valence-electron chi connectivity index (χ3n) is 3.55.